The molecule has 0 aliphatic heterocycles. The van der Waals surface area contributed by atoms with Crippen molar-refractivity contribution in [3.63, 3.8) is 0 Å². The van der Waals surface area contributed by atoms with E-state index in [9.17, 15) is 0 Å². The van der Waals surface area contributed by atoms with Crippen LogP contribution in [-0.2, 0) is 0 Å². The minimum atomic E-state index is -0.133. The fraction of sp³-hybridized carbons (Fsp3) is 0.200. The van der Waals surface area contributed by atoms with Gasteiger partial charge in [0.05, 0.1) is 11.9 Å². The van der Waals surface area contributed by atoms with Gasteiger partial charge in [-0.2, -0.15) is 10.2 Å². The van der Waals surface area contributed by atoms with Gasteiger partial charge in [-0.25, -0.2) is 0 Å². The lowest BCUT2D eigenvalue weighted by atomic mass is 10.5. The zero-order valence-corrected chi connectivity index (χ0v) is 10.1. The molecule has 0 amide bonds. The highest BCUT2D eigenvalue weighted by Crippen LogP contribution is 1.76. The molecule has 0 spiro atoms. The van der Waals surface area contributed by atoms with Gasteiger partial charge in [-0.05, 0) is 6.92 Å². The summed E-state index contributed by atoms with van der Waals surface area (Å²) in [5.41, 5.74) is 20.5. The minimum Gasteiger partial charge on any atom is -0.412 e. The molecule has 0 heterocycles. The SMILES string of the molecule is CC(/C=N\N=C(N)N)=N/N=C(N)N.Cl.Cl.O. The molecule has 0 rings (SSSR count). The van der Waals surface area contributed by atoms with Crippen molar-refractivity contribution in [1.29, 1.82) is 0 Å². The molecular formula is C5H16Cl2N8O. The molecule has 0 atom stereocenters. The van der Waals surface area contributed by atoms with Gasteiger partial charge in [0, 0.05) is 0 Å². The van der Waals surface area contributed by atoms with E-state index in [0.717, 1.165) is 0 Å². The van der Waals surface area contributed by atoms with Gasteiger partial charge in [0.15, 0.2) is 0 Å². The first kappa shape index (κ1) is 23.9. The fourth-order valence-corrected chi connectivity index (χ4v) is 0.342. The standard InChI is InChI=1S/C5H12N8.2ClH.H2O/c1-3(11-13-5(8)9)2-10-12-4(6)7;;;/h2H,1H3,(H4,6,7,12)(H4,8,9,13);2*1H;1H2/b10-2-,11-3-;;;. The smallest absolute Gasteiger partial charge is 0.211 e. The van der Waals surface area contributed by atoms with Gasteiger partial charge >= 0.3 is 0 Å². The van der Waals surface area contributed by atoms with Crippen molar-refractivity contribution in [2.24, 2.45) is 43.3 Å². The van der Waals surface area contributed by atoms with Crippen LogP contribution >= 0.6 is 24.8 Å². The summed E-state index contributed by atoms with van der Waals surface area (Å²) in [7, 11) is 0. The van der Waals surface area contributed by atoms with Gasteiger partial charge in [0.2, 0.25) is 11.9 Å². The zero-order valence-electron chi connectivity index (χ0n) is 8.49. The van der Waals surface area contributed by atoms with Crippen molar-refractivity contribution in [3.05, 3.63) is 0 Å². The number of nitrogens with two attached hydrogens (primary N) is 4. The van der Waals surface area contributed by atoms with Crippen molar-refractivity contribution in [2.75, 3.05) is 0 Å². The summed E-state index contributed by atoms with van der Waals surface area (Å²) < 4.78 is 0. The Bertz CT molecular complexity index is 278. The lowest BCUT2D eigenvalue weighted by molar-refractivity contribution is 0.824. The van der Waals surface area contributed by atoms with Crippen LogP contribution in [-0.4, -0.2) is 29.3 Å². The zero-order chi connectivity index (χ0) is 10.3. The predicted octanol–water partition coefficient (Wildman–Crippen LogP) is -2.09. The number of nitrogens with zero attached hydrogens (tertiary/aromatic N) is 4. The van der Waals surface area contributed by atoms with E-state index in [1.54, 1.807) is 6.92 Å². The Morgan fingerprint density at radius 1 is 0.875 bits per heavy atom. The molecular weight excluding hydrogens is 259 g/mol. The maximum absolute atomic E-state index is 5.03. The summed E-state index contributed by atoms with van der Waals surface area (Å²) in [5, 5.41) is 13.8. The highest BCUT2D eigenvalue weighted by atomic mass is 35.5. The predicted molar refractivity (Wildman–Crippen MR) is 71.3 cm³/mol. The van der Waals surface area contributed by atoms with Crippen LogP contribution in [0.1, 0.15) is 6.92 Å². The Morgan fingerprint density at radius 3 is 1.69 bits per heavy atom. The Kier molecular flexibility index (Phi) is 20.1. The van der Waals surface area contributed by atoms with E-state index >= 15 is 0 Å². The van der Waals surface area contributed by atoms with Gasteiger partial charge in [-0.3, -0.25) is 0 Å². The van der Waals surface area contributed by atoms with Crippen molar-refractivity contribution >= 4 is 48.7 Å². The molecule has 0 saturated carbocycles. The third kappa shape index (κ3) is 18.3. The van der Waals surface area contributed by atoms with Gasteiger partial charge in [-0.1, -0.05) is 0 Å². The number of halogens is 2. The van der Waals surface area contributed by atoms with Gasteiger partial charge in [-0.15, -0.1) is 35.0 Å². The molecule has 0 aromatic rings. The normalized spacial score (nSPS) is 9.19. The largest absolute Gasteiger partial charge is 0.412 e. The molecule has 11 heteroatoms. The van der Waals surface area contributed by atoms with Crippen molar-refractivity contribution in [3.8, 4) is 0 Å². The second kappa shape index (κ2) is 13.4. The molecule has 0 aliphatic carbocycles. The minimum absolute atomic E-state index is 0. The molecule has 96 valence electrons. The van der Waals surface area contributed by atoms with E-state index in [0.29, 0.717) is 5.71 Å². The Labute approximate surface area is 105 Å². The maximum Gasteiger partial charge on any atom is 0.211 e. The lowest BCUT2D eigenvalue weighted by Crippen LogP contribution is -2.22. The number of hydrogen-bond acceptors (Lipinski definition) is 4. The Morgan fingerprint density at radius 2 is 1.31 bits per heavy atom. The lowest BCUT2D eigenvalue weighted by Gasteiger charge is -1.86. The second-order valence-electron chi connectivity index (χ2n) is 2.04. The summed E-state index contributed by atoms with van der Waals surface area (Å²) in [5.74, 6) is -0.263. The molecule has 9 nitrogen and oxygen atoms in total. The molecule has 0 aliphatic rings. The molecule has 0 fully saturated rings. The van der Waals surface area contributed by atoms with Crippen LogP contribution < -0.4 is 22.9 Å². The highest BCUT2D eigenvalue weighted by Gasteiger charge is 1.83. The molecule has 0 aromatic carbocycles. The van der Waals surface area contributed by atoms with Gasteiger partial charge < -0.3 is 28.4 Å². The summed E-state index contributed by atoms with van der Waals surface area (Å²) in [6.45, 7) is 1.64. The first-order chi connectivity index (χ1) is 6.02. The van der Waals surface area contributed by atoms with Crippen molar-refractivity contribution in [1.82, 2.24) is 0 Å². The average Bonchev–Trinajstić information content (AvgIpc) is 2.00. The Balaban J connectivity index is -0.000000240. The van der Waals surface area contributed by atoms with E-state index in [4.69, 9.17) is 22.9 Å². The van der Waals surface area contributed by atoms with E-state index in [1.807, 2.05) is 0 Å². The monoisotopic (exact) mass is 274 g/mol. The van der Waals surface area contributed by atoms with Crippen molar-refractivity contribution < 1.29 is 5.48 Å². The van der Waals surface area contributed by atoms with Crippen LogP contribution in [0.4, 0.5) is 0 Å². The van der Waals surface area contributed by atoms with E-state index in [2.05, 4.69) is 20.4 Å². The Hall–Kier alpha value is -1.58. The molecule has 16 heavy (non-hydrogen) atoms. The first-order valence-electron chi connectivity index (χ1n) is 3.27. The van der Waals surface area contributed by atoms with E-state index in [1.165, 1.54) is 6.21 Å². The molecule has 0 bridgehead atoms. The molecule has 0 unspecified atom stereocenters. The molecule has 0 radical (unpaired) electrons. The van der Waals surface area contributed by atoms with Crippen molar-refractivity contribution in [2.45, 2.75) is 6.92 Å². The average molecular weight is 275 g/mol. The molecule has 0 aromatic heterocycles. The maximum atomic E-state index is 5.03. The number of guanidine groups is 2. The van der Waals surface area contributed by atoms with Crippen LogP contribution in [0, 0.1) is 0 Å². The van der Waals surface area contributed by atoms with Gasteiger partial charge in [0.25, 0.3) is 0 Å². The summed E-state index contributed by atoms with van der Waals surface area (Å²) >= 11 is 0. The third-order valence-corrected chi connectivity index (χ3v) is 0.741. The van der Waals surface area contributed by atoms with Crippen LogP contribution in [0.25, 0.3) is 0 Å². The van der Waals surface area contributed by atoms with Crippen LogP contribution in [0.2, 0.25) is 0 Å². The summed E-state index contributed by atoms with van der Waals surface area (Å²) in [4.78, 5) is 0. The highest BCUT2D eigenvalue weighted by molar-refractivity contribution is 6.29. The first-order valence-corrected chi connectivity index (χ1v) is 3.27. The molecule has 10 N–H and O–H groups in total. The van der Waals surface area contributed by atoms with Gasteiger partial charge in [0.1, 0.15) is 0 Å². The van der Waals surface area contributed by atoms with Crippen LogP contribution in [0.3, 0.4) is 0 Å². The topological polar surface area (TPSA) is 185 Å². The van der Waals surface area contributed by atoms with Crippen LogP contribution in [0.15, 0.2) is 20.4 Å². The third-order valence-electron chi connectivity index (χ3n) is 0.741. The summed E-state index contributed by atoms with van der Waals surface area (Å²) in [6.07, 6.45) is 1.31. The number of hydrogen-bond donors (Lipinski definition) is 4. The fourth-order valence-electron chi connectivity index (χ4n) is 0.342. The van der Waals surface area contributed by atoms with Crippen LogP contribution in [0.5, 0.6) is 0 Å². The number of rotatable bonds is 3. The second-order valence-corrected chi connectivity index (χ2v) is 2.04. The summed E-state index contributed by atoms with van der Waals surface area (Å²) in [6, 6.07) is 0. The quantitative estimate of drug-likeness (QED) is 0.261. The van der Waals surface area contributed by atoms with E-state index in [-0.39, 0.29) is 42.2 Å². The van der Waals surface area contributed by atoms with E-state index < -0.39 is 0 Å². The molecule has 0 saturated heterocycles.